The molecule has 0 radical (unpaired) electrons. The van der Waals surface area contributed by atoms with Crippen LogP contribution < -0.4 is 5.56 Å². The van der Waals surface area contributed by atoms with Gasteiger partial charge >= 0.3 is 0 Å². The summed E-state index contributed by atoms with van der Waals surface area (Å²) >= 11 is 1.70. The minimum absolute atomic E-state index is 0.00581. The fourth-order valence-electron chi connectivity index (χ4n) is 4.16. The molecule has 4 rings (SSSR count). The standard InChI is InChI=1S/C19H26N4O2S/c1-11-4-5-14-15(10-11)26-19-16(14)18(25)20-17(21-19)12(2)22-6-8-23(9-7-22)13(3)24/h11-12H,4-10H2,1-3H3,(H,20,21,25)/t11-,12+/m1/s1. The van der Waals surface area contributed by atoms with Gasteiger partial charge in [0.05, 0.1) is 11.4 Å². The molecule has 26 heavy (non-hydrogen) atoms. The number of rotatable bonds is 2. The maximum absolute atomic E-state index is 12.8. The molecule has 2 aliphatic rings. The molecule has 0 bridgehead atoms. The van der Waals surface area contributed by atoms with Crippen molar-refractivity contribution in [3.05, 3.63) is 26.6 Å². The Bertz CT molecular complexity index is 895. The quantitative estimate of drug-likeness (QED) is 0.876. The molecule has 2 aromatic heterocycles. The summed E-state index contributed by atoms with van der Waals surface area (Å²) in [6.07, 6.45) is 3.20. The van der Waals surface area contributed by atoms with Gasteiger partial charge in [0.1, 0.15) is 10.7 Å². The molecule has 1 aliphatic heterocycles. The first-order valence-corrected chi connectivity index (χ1v) is 10.3. The highest BCUT2D eigenvalue weighted by Crippen LogP contribution is 2.36. The number of aromatic amines is 1. The number of nitrogens with one attached hydrogen (secondary N) is 1. The van der Waals surface area contributed by atoms with Gasteiger partial charge in [-0.05, 0) is 37.7 Å². The lowest BCUT2D eigenvalue weighted by atomic mass is 9.89. The topological polar surface area (TPSA) is 69.3 Å². The second-order valence-electron chi connectivity index (χ2n) is 7.70. The Morgan fingerprint density at radius 1 is 1.31 bits per heavy atom. The number of aryl methyl sites for hydroxylation is 1. The van der Waals surface area contributed by atoms with Gasteiger partial charge in [-0.1, -0.05) is 6.92 Å². The normalized spacial score (nSPS) is 22.4. The zero-order valence-corrected chi connectivity index (χ0v) is 16.5. The molecule has 0 saturated carbocycles. The summed E-state index contributed by atoms with van der Waals surface area (Å²) in [4.78, 5) is 38.6. The summed E-state index contributed by atoms with van der Waals surface area (Å²) in [5, 5.41) is 0.814. The van der Waals surface area contributed by atoms with E-state index in [4.69, 9.17) is 4.98 Å². The molecule has 2 aromatic rings. The predicted octanol–water partition coefficient (Wildman–Crippen LogP) is 2.33. The van der Waals surface area contributed by atoms with E-state index in [0.717, 1.165) is 61.5 Å². The molecule has 1 aliphatic carbocycles. The van der Waals surface area contributed by atoms with E-state index in [2.05, 4.69) is 23.7 Å². The van der Waals surface area contributed by atoms with Gasteiger partial charge < -0.3 is 9.88 Å². The number of thiophene rings is 1. The first-order chi connectivity index (χ1) is 12.4. The Morgan fingerprint density at radius 3 is 2.73 bits per heavy atom. The SMILES string of the molecule is CC(=O)N1CCN([C@@H](C)c2nc3sc4c(c3c(=O)[nH]2)CC[C@@H](C)C4)CC1. The highest BCUT2D eigenvalue weighted by Gasteiger charge is 2.27. The minimum Gasteiger partial charge on any atom is -0.340 e. The minimum atomic E-state index is 0.00581. The molecular formula is C19H26N4O2S. The van der Waals surface area contributed by atoms with Crippen LogP contribution in [0.2, 0.25) is 0 Å². The molecule has 1 N–H and O–H groups in total. The van der Waals surface area contributed by atoms with E-state index >= 15 is 0 Å². The van der Waals surface area contributed by atoms with Crippen molar-refractivity contribution >= 4 is 27.5 Å². The Hall–Kier alpha value is -1.73. The lowest BCUT2D eigenvalue weighted by Gasteiger charge is -2.37. The van der Waals surface area contributed by atoms with E-state index in [1.165, 1.54) is 10.4 Å². The fourth-order valence-corrected chi connectivity index (χ4v) is 5.55. The van der Waals surface area contributed by atoms with Crippen LogP contribution in [0, 0.1) is 5.92 Å². The van der Waals surface area contributed by atoms with E-state index in [-0.39, 0.29) is 17.5 Å². The monoisotopic (exact) mass is 374 g/mol. The van der Waals surface area contributed by atoms with Crippen LogP contribution in [0.25, 0.3) is 10.2 Å². The fraction of sp³-hybridized carbons (Fsp3) is 0.632. The van der Waals surface area contributed by atoms with Gasteiger partial charge in [0.15, 0.2) is 0 Å². The molecule has 0 aromatic carbocycles. The highest BCUT2D eigenvalue weighted by atomic mass is 32.1. The number of nitrogens with zero attached hydrogens (tertiary/aromatic N) is 3. The Kier molecular flexibility index (Phi) is 4.61. The molecule has 0 unspecified atom stereocenters. The van der Waals surface area contributed by atoms with Crippen molar-refractivity contribution in [2.75, 3.05) is 26.2 Å². The molecule has 0 spiro atoms. The van der Waals surface area contributed by atoms with E-state index in [9.17, 15) is 9.59 Å². The number of hydrogen-bond donors (Lipinski definition) is 1. The maximum Gasteiger partial charge on any atom is 0.259 e. The second-order valence-corrected chi connectivity index (χ2v) is 8.78. The van der Waals surface area contributed by atoms with Crippen LogP contribution in [0.4, 0.5) is 0 Å². The van der Waals surface area contributed by atoms with Crippen molar-refractivity contribution in [3.8, 4) is 0 Å². The van der Waals surface area contributed by atoms with Gasteiger partial charge in [-0.3, -0.25) is 14.5 Å². The summed E-state index contributed by atoms with van der Waals surface area (Å²) in [5.74, 6) is 1.56. The van der Waals surface area contributed by atoms with Crippen LogP contribution in [0.5, 0.6) is 0 Å². The van der Waals surface area contributed by atoms with Gasteiger partial charge in [-0.15, -0.1) is 11.3 Å². The van der Waals surface area contributed by atoms with Crippen molar-refractivity contribution in [3.63, 3.8) is 0 Å². The molecule has 3 heterocycles. The molecule has 7 heteroatoms. The number of hydrogen-bond acceptors (Lipinski definition) is 5. The van der Waals surface area contributed by atoms with E-state index < -0.39 is 0 Å². The molecule has 140 valence electrons. The number of H-pyrrole nitrogens is 1. The van der Waals surface area contributed by atoms with Gasteiger partial charge in [0, 0.05) is 38.0 Å². The zero-order valence-electron chi connectivity index (χ0n) is 15.7. The van der Waals surface area contributed by atoms with Gasteiger partial charge in [0.25, 0.3) is 5.56 Å². The van der Waals surface area contributed by atoms with Crippen LogP contribution in [-0.2, 0) is 17.6 Å². The van der Waals surface area contributed by atoms with Crippen molar-refractivity contribution in [2.45, 2.75) is 46.1 Å². The molecule has 6 nitrogen and oxygen atoms in total. The Morgan fingerprint density at radius 2 is 2.04 bits per heavy atom. The zero-order chi connectivity index (χ0) is 18.4. The average molecular weight is 375 g/mol. The van der Waals surface area contributed by atoms with Gasteiger partial charge in [-0.2, -0.15) is 0 Å². The van der Waals surface area contributed by atoms with Crippen LogP contribution >= 0.6 is 11.3 Å². The lowest BCUT2D eigenvalue weighted by molar-refractivity contribution is -0.130. The van der Waals surface area contributed by atoms with Crippen LogP contribution in [0.3, 0.4) is 0 Å². The van der Waals surface area contributed by atoms with Crippen molar-refractivity contribution in [1.29, 1.82) is 0 Å². The van der Waals surface area contributed by atoms with Crippen LogP contribution in [0.1, 0.15) is 49.5 Å². The van der Waals surface area contributed by atoms with Gasteiger partial charge in [-0.25, -0.2) is 4.98 Å². The van der Waals surface area contributed by atoms with Crippen molar-refractivity contribution in [2.24, 2.45) is 5.92 Å². The van der Waals surface area contributed by atoms with Crippen molar-refractivity contribution in [1.82, 2.24) is 19.8 Å². The summed E-state index contributed by atoms with van der Waals surface area (Å²) < 4.78 is 0. The Balaban J connectivity index is 1.61. The van der Waals surface area contributed by atoms with E-state index in [0.29, 0.717) is 5.92 Å². The number of aromatic nitrogens is 2. The summed E-state index contributed by atoms with van der Waals surface area (Å²) in [5.41, 5.74) is 1.23. The third-order valence-corrected chi connectivity index (χ3v) is 7.04. The summed E-state index contributed by atoms with van der Waals surface area (Å²) in [7, 11) is 0. The number of carbonyl (C=O) groups excluding carboxylic acids is 1. The van der Waals surface area contributed by atoms with Gasteiger partial charge in [0.2, 0.25) is 5.91 Å². The highest BCUT2D eigenvalue weighted by molar-refractivity contribution is 7.18. The third kappa shape index (κ3) is 3.07. The maximum atomic E-state index is 12.8. The third-order valence-electron chi connectivity index (χ3n) is 5.89. The summed E-state index contributed by atoms with van der Waals surface area (Å²) in [6, 6.07) is 0.0410. The lowest BCUT2D eigenvalue weighted by Crippen LogP contribution is -2.49. The Labute approximate surface area is 157 Å². The van der Waals surface area contributed by atoms with E-state index in [1.807, 2.05) is 4.90 Å². The number of amides is 1. The molecular weight excluding hydrogens is 348 g/mol. The number of carbonyl (C=O) groups is 1. The molecule has 1 saturated heterocycles. The number of fused-ring (bicyclic) bond motifs is 3. The second kappa shape index (κ2) is 6.78. The number of piperazine rings is 1. The molecule has 2 atom stereocenters. The van der Waals surface area contributed by atoms with Crippen molar-refractivity contribution < 1.29 is 4.79 Å². The molecule has 1 amide bonds. The van der Waals surface area contributed by atoms with E-state index in [1.54, 1.807) is 18.3 Å². The average Bonchev–Trinajstić information content (AvgIpc) is 2.98. The first kappa shape index (κ1) is 17.7. The smallest absolute Gasteiger partial charge is 0.259 e. The molecule has 1 fully saturated rings. The van der Waals surface area contributed by atoms with Crippen LogP contribution in [-0.4, -0.2) is 51.9 Å². The largest absolute Gasteiger partial charge is 0.340 e. The predicted molar refractivity (Wildman–Crippen MR) is 104 cm³/mol. The summed E-state index contributed by atoms with van der Waals surface area (Å²) in [6.45, 7) is 9.06. The van der Waals surface area contributed by atoms with Crippen LogP contribution in [0.15, 0.2) is 4.79 Å². The first-order valence-electron chi connectivity index (χ1n) is 9.48.